The van der Waals surface area contributed by atoms with Gasteiger partial charge in [0.15, 0.2) is 0 Å². The molecule has 0 aliphatic carbocycles. The molecule has 22 heavy (non-hydrogen) atoms. The van der Waals surface area contributed by atoms with E-state index in [1.54, 1.807) is 0 Å². The van der Waals surface area contributed by atoms with Gasteiger partial charge in [0.1, 0.15) is 12.3 Å². The third kappa shape index (κ3) is 4.66. The molecule has 1 aromatic carbocycles. The Kier molecular flexibility index (Phi) is 7.25. The van der Waals surface area contributed by atoms with Crippen LogP contribution in [0.2, 0.25) is 0 Å². The van der Waals surface area contributed by atoms with Crippen LogP contribution in [-0.4, -0.2) is 36.6 Å². The Balaban J connectivity index is 2.99. The predicted molar refractivity (Wildman–Crippen MR) is 83.8 cm³/mol. The Bertz CT molecular complexity index is 531. The molecule has 1 atom stereocenters. The number of likely N-dealkylation sites (N-methyl/N-ethyl adjacent to an activating group) is 1. The number of hydrogen-bond donors (Lipinski definition) is 2. The molecule has 0 heterocycles. The van der Waals surface area contributed by atoms with Crippen molar-refractivity contribution in [1.29, 1.82) is 0 Å². The first-order valence-electron chi connectivity index (χ1n) is 7.22. The molecular weight excluding hydrogens is 282 g/mol. The second kappa shape index (κ2) is 8.94. The zero-order chi connectivity index (χ0) is 16.5. The average molecular weight is 305 g/mol. The second-order valence-electron chi connectivity index (χ2n) is 5.12. The highest BCUT2D eigenvalue weighted by molar-refractivity contribution is 5.83. The molecular formula is C16H23N3O3. The SMILES string of the molecule is CNC(=O)C(CCC=O)N(C=O)Cc1cc(CN)ccc1C. The molecule has 0 aromatic heterocycles. The lowest BCUT2D eigenvalue weighted by molar-refractivity contribution is -0.133. The molecule has 0 fully saturated rings. The fourth-order valence-corrected chi connectivity index (χ4v) is 2.28. The van der Waals surface area contributed by atoms with Gasteiger partial charge in [-0.1, -0.05) is 18.2 Å². The van der Waals surface area contributed by atoms with Gasteiger partial charge in [0.05, 0.1) is 0 Å². The fourth-order valence-electron chi connectivity index (χ4n) is 2.28. The van der Waals surface area contributed by atoms with Crippen molar-refractivity contribution in [2.75, 3.05) is 7.05 Å². The van der Waals surface area contributed by atoms with Crippen molar-refractivity contribution < 1.29 is 14.4 Å². The smallest absolute Gasteiger partial charge is 0.242 e. The lowest BCUT2D eigenvalue weighted by Gasteiger charge is -2.27. The topological polar surface area (TPSA) is 92.5 Å². The predicted octanol–water partition coefficient (Wildman–Crippen LogP) is 0.506. The number of carbonyl (C=O) groups is 3. The number of benzene rings is 1. The molecule has 0 saturated heterocycles. The summed E-state index contributed by atoms with van der Waals surface area (Å²) in [7, 11) is 1.51. The third-order valence-corrected chi connectivity index (χ3v) is 3.64. The Morgan fingerprint density at radius 3 is 2.68 bits per heavy atom. The molecule has 0 spiro atoms. The molecule has 1 unspecified atom stereocenters. The van der Waals surface area contributed by atoms with Crippen molar-refractivity contribution in [2.24, 2.45) is 5.73 Å². The first-order valence-corrected chi connectivity index (χ1v) is 7.22. The maximum atomic E-state index is 12.0. The fraction of sp³-hybridized carbons (Fsp3) is 0.438. The van der Waals surface area contributed by atoms with Crippen LogP contribution >= 0.6 is 0 Å². The van der Waals surface area contributed by atoms with Crippen LogP contribution in [0.25, 0.3) is 0 Å². The average Bonchev–Trinajstić information content (AvgIpc) is 2.55. The van der Waals surface area contributed by atoms with E-state index in [0.717, 1.165) is 23.0 Å². The van der Waals surface area contributed by atoms with E-state index in [0.29, 0.717) is 25.9 Å². The van der Waals surface area contributed by atoms with Gasteiger partial charge in [-0.05, 0) is 30.0 Å². The van der Waals surface area contributed by atoms with Crippen LogP contribution in [0.5, 0.6) is 0 Å². The van der Waals surface area contributed by atoms with Crippen molar-refractivity contribution in [1.82, 2.24) is 10.2 Å². The van der Waals surface area contributed by atoms with Gasteiger partial charge in [-0.15, -0.1) is 0 Å². The quantitative estimate of drug-likeness (QED) is 0.650. The summed E-state index contributed by atoms with van der Waals surface area (Å²) in [5, 5.41) is 2.54. The molecule has 2 amide bonds. The van der Waals surface area contributed by atoms with Crippen molar-refractivity contribution >= 4 is 18.6 Å². The highest BCUT2D eigenvalue weighted by Gasteiger charge is 2.24. The lowest BCUT2D eigenvalue weighted by Crippen LogP contribution is -2.45. The third-order valence-electron chi connectivity index (χ3n) is 3.64. The molecule has 0 radical (unpaired) electrons. The van der Waals surface area contributed by atoms with Gasteiger partial charge in [-0.3, -0.25) is 9.59 Å². The van der Waals surface area contributed by atoms with Crippen molar-refractivity contribution in [3.63, 3.8) is 0 Å². The van der Waals surface area contributed by atoms with Gasteiger partial charge < -0.3 is 20.7 Å². The van der Waals surface area contributed by atoms with Gasteiger partial charge in [0.2, 0.25) is 12.3 Å². The van der Waals surface area contributed by atoms with Crippen molar-refractivity contribution in [3.8, 4) is 0 Å². The Morgan fingerprint density at radius 2 is 2.14 bits per heavy atom. The number of aryl methyl sites for hydroxylation is 1. The maximum Gasteiger partial charge on any atom is 0.242 e. The molecule has 6 nitrogen and oxygen atoms in total. The van der Waals surface area contributed by atoms with E-state index >= 15 is 0 Å². The minimum atomic E-state index is -0.659. The van der Waals surface area contributed by atoms with E-state index in [4.69, 9.17) is 5.73 Å². The molecule has 1 aromatic rings. The number of carbonyl (C=O) groups excluding carboxylic acids is 3. The van der Waals surface area contributed by atoms with Crippen LogP contribution in [0.1, 0.15) is 29.5 Å². The molecule has 1 rings (SSSR count). The lowest BCUT2D eigenvalue weighted by atomic mass is 10.0. The number of rotatable bonds is 9. The first kappa shape index (κ1) is 17.8. The summed E-state index contributed by atoms with van der Waals surface area (Å²) in [5.41, 5.74) is 8.57. The van der Waals surface area contributed by atoms with E-state index in [1.165, 1.54) is 11.9 Å². The molecule has 0 aliphatic rings. The van der Waals surface area contributed by atoms with Crippen molar-refractivity contribution in [2.45, 2.75) is 38.9 Å². The minimum absolute atomic E-state index is 0.226. The van der Waals surface area contributed by atoms with Crippen LogP contribution < -0.4 is 11.1 Å². The highest BCUT2D eigenvalue weighted by atomic mass is 16.2. The minimum Gasteiger partial charge on any atom is -0.357 e. The van der Waals surface area contributed by atoms with Gasteiger partial charge >= 0.3 is 0 Å². The van der Waals surface area contributed by atoms with E-state index in [-0.39, 0.29) is 12.3 Å². The van der Waals surface area contributed by atoms with Gasteiger partial charge in [0.25, 0.3) is 0 Å². The number of nitrogens with two attached hydrogens (primary N) is 1. The van der Waals surface area contributed by atoms with E-state index in [9.17, 15) is 14.4 Å². The highest BCUT2D eigenvalue weighted by Crippen LogP contribution is 2.16. The summed E-state index contributed by atoms with van der Waals surface area (Å²) >= 11 is 0. The molecule has 0 bridgehead atoms. The second-order valence-corrected chi connectivity index (χ2v) is 5.12. The van der Waals surface area contributed by atoms with E-state index in [2.05, 4.69) is 5.32 Å². The van der Waals surface area contributed by atoms with Crippen LogP contribution in [0, 0.1) is 6.92 Å². The Labute approximate surface area is 130 Å². The molecule has 3 N–H and O–H groups in total. The monoisotopic (exact) mass is 305 g/mol. The summed E-state index contributed by atoms with van der Waals surface area (Å²) in [6, 6.07) is 5.16. The Hall–Kier alpha value is -2.21. The van der Waals surface area contributed by atoms with Crippen LogP contribution in [0.3, 0.4) is 0 Å². The molecule has 0 saturated carbocycles. The van der Waals surface area contributed by atoms with Crippen LogP contribution in [-0.2, 0) is 27.5 Å². The summed E-state index contributed by atoms with van der Waals surface area (Å²) < 4.78 is 0. The van der Waals surface area contributed by atoms with E-state index in [1.807, 2.05) is 25.1 Å². The number of nitrogens with one attached hydrogen (secondary N) is 1. The normalized spacial score (nSPS) is 11.6. The summed E-state index contributed by atoms with van der Waals surface area (Å²) in [6.45, 7) is 2.66. The largest absolute Gasteiger partial charge is 0.357 e. The maximum absolute atomic E-state index is 12.0. The zero-order valence-electron chi connectivity index (χ0n) is 13.0. The van der Waals surface area contributed by atoms with Crippen LogP contribution in [0.15, 0.2) is 18.2 Å². The van der Waals surface area contributed by atoms with Crippen molar-refractivity contribution in [3.05, 3.63) is 34.9 Å². The first-order chi connectivity index (χ1) is 10.6. The molecule has 0 aliphatic heterocycles. The standard InChI is InChI=1S/C16H23N3O3/c1-12-5-6-13(9-17)8-14(12)10-19(11-21)15(4-3-7-20)16(22)18-2/h5-8,11,15H,3-4,9-10,17H2,1-2H3,(H,18,22). The zero-order valence-corrected chi connectivity index (χ0v) is 13.0. The summed E-state index contributed by atoms with van der Waals surface area (Å²) in [6.07, 6.45) is 1.93. The Morgan fingerprint density at radius 1 is 1.41 bits per heavy atom. The number of nitrogens with zero attached hydrogens (tertiary/aromatic N) is 1. The molecule has 6 heteroatoms. The number of hydrogen-bond acceptors (Lipinski definition) is 4. The molecule has 120 valence electrons. The van der Waals surface area contributed by atoms with Crippen LogP contribution in [0.4, 0.5) is 0 Å². The van der Waals surface area contributed by atoms with Gasteiger partial charge in [0, 0.05) is 26.6 Å². The van der Waals surface area contributed by atoms with Gasteiger partial charge in [-0.25, -0.2) is 0 Å². The number of amides is 2. The summed E-state index contributed by atoms with van der Waals surface area (Å²) in [4.78, 5) is 35.4. The number of aldehydes is 1. The van der Waals surface area contributed by atoms with Gasteiger partial charge in [-0.2, -0.15) is 0 Å². The van der Waals surface area contributed by atoms with E-state index < -0.39 is 6.04 Å². The summed E-state index contributed by atoms with van der Waals surface area (Å²) in [5.74, 6) is -0.276.